The van der Waals surface area contributed by atoms with E-state index in [0.717, 1.165) is 0 Å². The zero-order valence-corrected chi connectivity index (χ0v) is 8.84. The fourth-order valence-corrected chi connectivity index (χ4v) is 2.23. The number of fused-ring (bicyclic) bond motifs is 1. The Labute approximate surface area is 84.1 Å². The molecule has 2 aliphatic rings. The van der Waals surface area contributed by atoms with E-state index in [0.29, 0.717) is 6.61 Å². The van der Waals surface area contributed by atoms with Gasteiger partial charge in [-0.3, -0.25) is 0 Å². The molecular formula is C10H18O4. The van der Waals surface area contributed by atoms with Crippen molar-refractivity contribution >= 4 is 0 Å². The van der Waals surface area contributed by atoms with Gasteiger partial charge in [-0.2, -0.15) is 0 Å². The van der Waals surface area contributed by atoms with Crippen LogP contribution in [-0.2, 0) is 14.2 Å². The highest BCUT2D eigenvalue weighted by atomic mass is 16.7. The maximum absolute atomic E-state index is 9.83. The summed E-state index contributed by atoms with van der Waals surface area (Å²) in [6, 6.07) is 0. The maximum atomic E-state index is 9.83. The van der Waals surface area contributed by atoms with Crippen LogP contribution >= 0.6 is 0 Å². The molecule has 0 aromatic rings. The van der Waals surface area contributed by atoms with E-state index in [2.05, 4.69) is 0 Å². The molecule has 0 saturated carbocycles. The Kier molecular flexibility index (Phi) is 2.79. The van der Waals surface area contributed by atoms with Crippen molar-refractivity contribution in [1.82, 2.24) is 0 Å². The number of aliphatic hydroxyl groups is 1. The molecule has 2 rings (SSSR count). The van der Waals surface area contributed by atoms with Gasteiger partial charge in [-0.05, 0) is 13.8 Å². The average molecular weight is 202 g/mol. The molecule has 0 spiro atoms. The number of hydrogen-bond donors (Lipinski definition) is 1. The first-order chi connectivity index (χ1) is 6.59. The van der Waals surface area contributed by atoms with Gasteiger partial charge in [0.05, 0.1) is 24.9 Å². The molecule has 2 aliphatic heterocycles. The predicted octanol–water partition coefficient (Wildman–Crippen LogP) is 0.532. The molecule has 2 heterocycles. The van der Waals surface area contributed by atoms with Crippen molar-refractivity contribution < 1.29 is 19.3 Å². The summed E-state index contributed by atoms with van der Waals surface area (Å²) in [6.07, 6.45) is -0.833. The molecule has 2 saturated heterocycles. The van der Waals surface area contributed by atoms with Gasteiger partial charge in [-0.15, -0.1) is 0 Å². The van der Waals surface area contributed by atoms with Crippen LogP contribution in [0.1, 0.15) is 20.8 Å². The molecule has 3 unspecified atom stereocenters. The summed E-state index contributed by atoms with van der Waals surface area (Å²) in [5, 5.41) is 9.83. The van der Waals surface area contributed by atoms with Crippen LogP contribution in [0.3, 0.4) is 0 Å². The SMILES string of the molecule is CC1OCC2O[C@H](C)C(O)[C@@H](C)[C@@H]2O1. The highest BCUT2D eigenvalue weighted by Gasteiger charge is 2.44. The minimum Gasteiger partial charge on any atom is -0.390 e. The first-order valence-corrected chi connectivity index (χ1v) is 5.20. The zero-order valence-electron chi connectivity index (χ0n) is 8.84. The normalized spacial score (nSPS) is 54.0. The van der Waals surface area contributed by atoms with Gasteiger partial charge in [-0.1, -0.05) is 6.92 Å². The molecular weight excluding hydrogens is 184 g/mol. The fourth-order valence-electron chi connectivity index (χ4n) is 2.23. The van der Waals surface area contributed by atoms with Crippen LogP contribution in [0.25, 0.3) is 0 Å². The molecule has 0 aromatic heterocycles. The Morgan fingerprint density at radius 1 is 1.14 bits per heavy atom. The van der Waals surface area contributed by atoms with Crippen LogP contribution in [0, 0.1) is 5.92 Å². The standard InChI is InChI=1S/C10H18O4/c1-5-9(11)6(2)13-8-4-12-7(3)14-10(5)8/h5-11H,4H2,1-3H3/t5-,6-,7?,8?,9?,10+/m1/s1. The first-order valence-electron chi connectivity index (χ1n) is 5.20. The molecule has 0 bridgehead atoms. The van der Waals surface area contributed by atoms with E-state index in [1.54, 1.807) is 0 Å². The van der Waals surface area contributed by atoms with Gasteiger partial charge in [0, 0.05) is 5.92 Å². The molecule has 82 valence electrons. The Bertz CT molecular complexity index is 206. The molecule has 0 aromatic carbocycles. The van der Waals surface area contributed by atoms with Crippen molar-refractivity contribution in [2.24, 2.45) is 5.92 Å². The van der Waals surface area contributed by atoms with Gasteiger partial charge in [0.15, 0.2) is 6.29 Å². The second-order valence-electron chi connectivity index (χ2n) is 4.23. The Balaban J connectivity index is 2.08. The molecule has 14 heavy (non-hydrogen) atoms. The van der Waals surface area contributed by atoms with Crippen molar-refractivity contribution in [2.75, 3.05) is 6.61 Å². The predicted molar refractivity (Wildman–Crippen MR) is 49.8 cm³/mol. The van der Waals surface area contributed by atoms with E-state index < -0.39 is 6.10 Å². The molecule has 0 radical (unpaired) electrons. The molecule has 6 atom stereocenters. The van der Waals surface area contributed by atoms with Crippen molar-refractivity contribution in [3.8, 4) is 0 Å². The molecule has 1 N–H and O–H groups in total. The van der Waals surface area contributed by atoms with Gasteiger partial charge in [-0.25, -0.2) is 0 Å². The molecule has 0 aliphatic carbocycles. The van der Waals surface area contributed by atoms with Gasteiger partial charge in [0.2, 0.25) is 0 Å². The van der Waals surface area contributed by atoms with Crippen LogP contribution in [0.4, 0.5) is 0 Å². The molecule has 2 fully saturated rings. The topological polar surface area (TPSA) is 47.9 Å². The second-order valence-corrected chi connectivity index (χ2v) is 4.23. The van der Waals surface area contributed by atoms with Gasteiger partial charge in [0.1, 0.15) is 6.10 Å². The lowest BCUT2D eigenvalue weighted by Crippen LogP contribution is -2.58. The Hall–Kier alpha value is -0.160. The van der Waals surface area contributed by atoms with Crippen molar-refractivity contribution in [3.05, 3.63) is 0 Å². The van der Waals surface area contributed by atoms with E-state index in [4.69, 9.17) is 14.2 Å². The van der Waals surface area contributed by atoms with Crippen molar-refractivity contribution in [3.63, 3.8) is 0 Å². The summed E-state index contributed by atoms with van der Waals surface area (Å²) in [5.41, 5.74) is 0. The van der Waals surface area contributed by atoms with E-state index in [1.165, 1.54) is 0 Å². The van der Waals surface area contributed by atoms with Crippen LogP contribution < -0.4 is 0 Å². The lowest BCUT2D eigenvalue weighted by molar-refractivity contribution is -0.306. The average Bonchev–Trinajstić information content (AvgIpc) is 2.16. The lowest BCUT2D eigenvalue weighted by Gasteiger charge is -2.46. The van der Waals surface area contributed by atoms with Crippen LogP contribution in [0.15, 0.2) is 0 Å². The largest absolute Gasteiger partial charge is 0.390 e. The minimum atomic E-state index is -0.443. The third-order valence-electron chi connectivity index (χ3n) is 3.14. The number of aliphatic hydroxyl groups excluding tert-OH is 1. The summed E-state index contributed by atoms with van der Waals surface area (Å²) in [6.45, 7) is 6.31. The van der Waals surface area contributed by atoms with Gasteiger partial charge in [0.25, 0.3) is 0 Å². The summed E-state index contributed by atoms with van der Waals surface area (Å²) in [4.78, 5) is 0. The van der Waals surface area contributed by atoms with Crippen LogP contribution in [0.2, 0.25) is 0 Å². The highest BCUT2D eigenvalue weighted by molar-refractivity contribution is 4.90. The number of ether oxygens (including phenoxy) is 3. The van der Waals surface area contributed by atoms with Gasteiger partial charge < -0.3 is 19.3 Å². The summed E-state index contributed by atoms with van der Waals surface area (Å²) in [5.74, 6) is 0.107. The number of rotatable bonds is 0. The van der Waals surface area contributed by atoms with Gasteiger partial charge >= 0.3 is 0 Å². The molecule has 4 heteroatoms. The highest BCUT2D eigenvalue weighted by Crippen LogP contribution is 2.31. The van der Waals surface area contributed by atoms with E-state index >= 15 is 0 Å². The summed E-state index contributed by atoms with van der Waals surface area (Å²) < 4.78 is 16.6. The van der Waals surface area contributed by atoms with Crippen molar-refractivity contribution in [2.45, 2.75) is 51.5 Å². The maximum Gasteiger partial charge on any atom is 0.155 e. The van der Waals surface area contributed by atoms with Crippen molar-refractivity contribution in [1.29, 1.82) is 0 Å². The zero-order chi connectivity index (χ0) is 10.3. The quantitative estimate of drug-likeness (QED) is 0.622. The molecule has 4 nitrogen and oxygen atoms in total. The Morgan fingerprint density at radius 3 is 2.57 bits per heavy atom. The minimum absolute atomic E-state index is 0.0281. The third kappa shape index (κ3) is 1.67. The Morgan fingerprint density at radius 2 is 1.86 bits per heavy atom. The van der Waals surface area contributed by atoms with Crippen LogP contribution in [-0.4, -0.2) is 42.4 Å². The second kappa shape index (κ2) is 3.77. The van der Waals surface area contributed by atoms with E-state index in [1.807, 2.05) is 20.8 Å². The van der Waals surface area contributed by atoms with E-state index in [-0.39, 0.29) is 30.5 Å². The third-order valence-corrected chi connectivity index (χ3v) is 3.14. The molecule has 0 amide bonds. The monoisotopic (exact) mass is 202 g/mol. The summed E-state index contributed by atoms with van der Waals surface area (Å²) >= 11 is 0. The smallest absolute Gasteiger partial charge is 0.155 e. The first kappa shape index (κ1) is 10.4. The van der Waals surface area contributed by atoms with E-state index in [9.17, 15) is 5.11 Å². The van der Waals surface area contributed by atoms with Crippen LogP contribution in [0.5, 0.6) is 0 Å². The lowest BCUT2D eigenvalue weighted by atomic mass is 9.88. The number of hydrogen-bond acceptors (Lipinski definition) is 4. The fraction of sp³-hybridized carbons (Fsp3) is 1.00. The summed E-state index contributed by atoms with van der Waals surface area (Å²) in [7, 11) is 0.